The standard InChI is InChI=1S/C25H21FN4O3S/c1-33-21-12-10-20(11-13-21)29-24(32)17-4-8-19(9-5-17)28-23(31)15-34-25-27-14-22(30-25)16-2-6-18(26)7-3-16/h2-14H,15H2,1H3,(H,27,30)(H,28,31)(H,29,32). The summed E-state index contributed by atoms with van der Waals surface area (Å²) in [4.78, 5) is 32.1. The fourth-order valence-electron chi connectivity index (χ4n) is 3.07. The normalized spacial score (nSPS) is 10.5. The van der Waals surface area contributed by atoms with E-state index >= 15 is 0 Å². The average Bonchev–Trinajstić information content (AvgIpc) is 3.33. The van der Waals surface area contributed by atoms with Gasteiger partial charge in [-0.25, -0.2) is 9.37 Å². The maximum Gasteiger partial charge on any atom is 0.255 e. The van der Waals surface area contributed by atoms with Gasteiger partial charge in [0.05, 0.1) is 24.8 Å². The van der Waals surface area contributed by atoms with Crippen LogP contribution in [0.3, 0.4) is 0 Å². The Balaban J connectivity index is 1.27. The maximum atomic E-state index is 13.1. The van der Waals surface area contributed by atoms with Crippen molar-refractivity contribution < 1.29 is 18.7 Å². The highest BCUT2D eigenvalue weighted by molar-refractivity contribution is 7.99. The van der Waals surface area contributed by atoms with Gasteiger partial charge in [0.2, 0.25) is 5.91 Å². The molecule has 1 aromatic heterocycles. The zero-order valence-electron chi connectivity index (χ0n) is 18.2. The van der Waals surface area contributed by atoms with Crippen molar-refractivity contribution in [3.05, 3.63) is 90.4 Å². The first kappa shape index (κ1) is 23.1. The van der Waals surface area contributed by atoms with E-state index in [4.69, 9.17) is 4.74 Å². The third-order valence-corrected chi connectivity index (χ3v) is 5.71. The first-order valence-corrected chi connectivity index (χ1v) is 11.3. The van der Waals surface area contributed by atoms with Crippen LogP contribution < -0.4 is 15.4 Å². The summed E-state index contributed by atoms with van der Waals surface area (Å²) >= 11 is 1.25. The van der Waals surface area contributed by atoms with Crippen LogP contribution in [0, 0.1) is 5.82 Å². The molecule has 172 valence electrons. The van der Waals surface area contributed by atoms with E-state index in [0.29, 0.717) is 27.8 Å². The molecule has 0 unspecified atom stereocenters. The van der Waals surface area contributed by atoms with Crippen LogP contribution in [-0.4, -0.2) is 34.6 Å². The lowest BCUT2D eigenvalue weighted by Gasteiger charge is -2.08. The number of nitrogens with one attached hydrogen (secondary N) is 3. The molecule has 0 saturated carbocycles. The molecule has 2 amide bonds. The van der Waals surface area contributed by atoms with Gasteiger partial charge in [-0.3, -0.25) is 9.59 Å². The Morgan fingerprint density at radius 2 is 1.59 bits per heavy atom. The first-order chi connectivity index (χ1) is 16.5. The van der Waals surface area contributed by atoms with Gasteiger partial charge in [0.1, 0.15) is 11.6 Å². The number of methoxy groups -OCH3 is 1. The van der Waals surface area contributed by atoms with Crippen molar-refractivity contribution in [1.82, 2.24) is 9.97 Å². The Morgan fingerprint density at radius 1 is 0.941 bits per heavy atom. The second kappa shape index (κ2) is 10.7. The van der Waals surface area contributed by atoms with Gasteiger partial charge in [0.25, 0.3) is 5.91 Å². The lowest BCUT2D eigenvalue weighted by Crippen LogP contribution is -2.15. The van der Waals surface area contributed by atoms with Gasteiger partial charge in [-0.15, -0.1) is 0 Å². The van der Waals surface area contributed by atoms with Gasteiger partial charge in [-0.1, -0.05) is 11.8 Å². The van der Waals surface area contributed by atoms with Crippen molar-refractivity contribution >= 4 is 35.0 Å². The number of rotatable bonds is 8. The summed E-state index contributed by atoms with van der Waals surface area (Å²) < 4.78 is 18.2. The Morgan fingerprint density at radius 3 is 2.26 bits per heavy atom. The number of amides is 2. The number of carbonyl (C=O) groups excluding carboxylic acids is 2. The SMILES string of the molecule is COc1ccc(NC(=O)c2ccc(NC(=O)CSc3ncc(-c4ccc(F)cc4)[nH]3)cc2)cc1. The largest absolute Gasteiger partial charge is 0.497 e. The minimum Gasteiger partial charge on any atom is -0.497 e. The fourth-order valence-corrected chi connectivity index (χ4v) is 3.72. The minimum atomic E-state index is -0.305. The van der Waals surface area contributed by atoms with Crippen molar-refractivity contribution in [2.75, 3.05) is 23.5 Å². The molecule has 3 aromatic carbocycles. The number of hydrogen-bond donors (Lipinski definition) is 3. The zero-order chi connectivity index (χ0) is 23.9. The lowest BCUT2D eigenvalue weighted by molar-refractivity contribution is -0.113. The van der Waals surface area contributed by atoms with E-state index in [-0.39, 0.29) is 23.4 Å². The summed E-state index contributed by atoms with van der Waals surface area (Å²) in [5.74, 6) is 0.0846. The molecule has 9 heteroatoms. The number of nitrogens with zero attached hydrogens (tertiary/aromatic N) is 1. The van der Waals surface area contributed by atoms with Crippen LogP contribution >= 0.6 is 11.8 Å². The van der Waals surface area contributed by atoms with Gasteiger partial charge in [-0.05, 0) is 78.4 Å². The van der Waals surface area contributed by atoms with Crippen LogP contribution in [0.2, 0.25) is 0 Å². The molecule has 0 spiro atoms. The first-order valence-electron chi connectivity index (χ1n) is 10.3. The number of imidazole rings is 1. The number of H-pyrrole nitrogens is 1. The predicted octanol–water partition coefficient (Wildman–Crippen LogP) is 5.21. The fraction of sp³-hybridized carbons (Fsp3) is 0.0800. The molecule has 1 heterocycles. The molecular formula is C25H21FN4O3S. The molecule has 0 aliphatic carbocycles. The third kappa shape index (κ3) is 6.02. The molecule has 0 saturated heterocycles. The van der Waals surface area contributed by atoms with E-state index in [0.717, 1.165) is 11.3 Å². The number of anilines is 2. The van der Waals surface area contributed by atoms with Gasteiger partial charge in [0.15, 0.2) is 5.16 Å². The molecule has 0 aliphatic rings. The van der Waals surface area contributed by atoms with E-state index in [2.05, 4.69) is 20.6 Å². The summed E-state index contributed by atoms with van der Waals surface area (Å²) in [5.41, 5.74) is 3.25. The van der Waals surface area contributed by atoms with E-state index in [1.54, 1.807) is 74.0 Å². The molecule has 4 rings (SSSR count). The van der Waals surface area contributed by atoms with Gasteiger partial charge in [0, 0.05) is 16.9 Å². The molecule has 0 bridgehead atoms. The molecule has 0 aliphatic heterocycles. The Labute approximate surface area is 199 Å². The van der Waals surface area contributed by atoms with Crippen LogP contribution in [0.15, 0.2) is 84.1 Å². The molecule has 0 radical (unpaired) electrons. The monoisotopic (exact) mass is 476 g/mol. The third-order valence-electron chi connectivity index (χ3n) is 4.83. The summed E-state index contributed by atoms with van der Waals surface area (Å²) in [6.45, 7) is 0. The van der Waals surface area contributed by atoms with Crippen LogP contribution in [0.25, 0.3) is 11.3 Å². The average molecular weight is 477 g/mol. The Kier molecular flexibility index (Phi) is 7.24. The van der Waals surface area contributed by atoms with Gasteiger partial charge >= 0.3 is 0 Å². The van der Waals surface area contributed by atoms with Crippen LogP contribution in [0.1, 0.15) is 10.4 Å². The summed E-state index contributed by atoms with van der Waals surface area (Å²) in [6, 6.07) is 19.7. The number of halogens is 1. The van der Waals surface area contributed by atoms with Crippen molar-refractivity contribution in [2.24, 2.45) is 0 Å². The Hall–Kier alpha value is -4.11. The van der Waals surface area contributed by atoms with Crippen LogP contribution in [-0.2, 0) is 4.79 Å². The molecule has 0 fully saturated rings. The number of thioether (sulfide) groups is 1. The van der Waals surface area contributed by atoms with Crippen LogP contribution in [0.5, 0.6) is 5.75 Å². The van der Waals surface area contributed by atoms with Crippen molar-refractivity contribution in [3.8, 4) is 17.0 Å². The van der Waals surface area contributed by atoms with Gasteiger partial charge < -0.3 is 20.4 Å². The number of ether oxygens (including phenoxy) is 1. The van der Waals surface area contributed by atoms with E-state index in [1.807, 2.05) is 0 Å². The van der Waals surface area contributed by atoms with E-state index < -0.39 is 0 Å². The number of carbonyl (C=O) groups is 2. The quantitative estimate of drug-likeness (QED) is 0.304. The number of aromatic amines is 1. The molecule has 7 nitrogen and oxygen atoms in total. The van der Waals surface area contributed by atoms with Gasteiger partial charge in [-0.2, -0.15) is 0 Å². The molecule has 0 atom stereocenters. The van der Waals surface area contributed by atoms with Crippen molar-refractivity contribution in [1.29, 1.82) is 0 Å². The second-order valence-corrected chi connectivity index (χ2v) is 8.17. The number of aromatic nitrogens is 2. The summed E-state index contributed by atoms with van der Waals surface area (Å²) in [7, 11) is 1.58. The summed E-state index contributed by atoms with van der Waals surface area (Å²) in [5, 5.41) is 6.19. The predicted molar refractivity (Wildman–Crippen MR) is 131 cm³/mol. The maximum absolute atomic E-state index is 13.1. The van der Waals surface area contributed by atoms with Crippen molar-refractivity contribution in [3.63, 3.8) is 0 Å². The van der Waals surface area contributed by atoms with E-state index in [9.17, 15) is 14.0 Å². The molecule has 34 heavy (non-hydrogen) atoms. The summed E-state index contributed by atoms with van der Waals surface area (Å²) in [6.07, 6.45) is 1.64. The number of benzene rings is 3. The van der Waals surface area contributed by atoms with Crippen molar-refractivity contribution in [2.45, 2.75) is 5.16 Å². The molecule has 4 aromatic rings. The van der Waals surface area contributed by atoms with E-state index in [1.165, 1.54) is 23.9 Å². The highest BCUT2D eigenvalue weighted by atomic mass is 32.2. The Bertz CT molecular complexity index is 1270. The highest BCUT2D eigenvalue weighted by Crippen LogP contribution is 2.22. The molecular weight excluding hydrogens is 455 g/mol. The second-order valence-electron chi connectivity index (χ2n) is 7.21. The highest BCUT2D eigenvalue weighted by Gasteiger charge is 2.10. The minimum absolute atomic E-state index is 0.149. The smallest absolute Gasteiger partial charge is 0.255 e. The van der Waals surface area contributed by atoms with Crippen LogP contribution in [0.4, 0.5) is 15.8 Å². The topological polar surface area (TPSA) is 96.1 Å². The molecule has 3 N–H and O–H groups in total. The number of hydrogen-bond acceptors (Lipinski definition) is 5. The lowest BCUT2D eigenvalue weighted by atomic mass is 10.2. The zero-order valence-corrected chi connectivity index (χ0v) is 19.0.